The van der Waals surface area contributed by atoms with Crippen molar-refractivity contribution in [3.8, 4) is 0 Å². The molecule has 1 aromatic rings. The van der Waals surface area contributed by atoms with E-state index in [4.69, 9.17) is 11.6 Å². The van der Waals surface area contributed by atoms with Gasteiger partial charge < -0.3 is 10.2 Å². The van der Waals surface area contributed by atoms with Gasteiger partial charge in [-0.15, -0.1) is 6.58 Å². The highest BCUT2D eigenvalue weighted by atomic mass is 35.5. The maximum atomic E-state index is 6.26. The molecule has 0 spiro atoms. The fraction of sp³-hybridized carbons (Fsp3) is 0.500. The van der Waals surface area contributed by atoms with Gasteiger partial charge in [0.1, 0.15) is 5.82 Å². The number of halogens is 1. The normalized spacial score (nSPS) is 10.4. The number of hydrogen-bond acceptors (Lipinski definition) is 3. The van der Waals surface area contributed by atoms with Crippen LogP contribution in [0.25, 0.3) is 0 Å². The SMILES string of the molecule is C=CCCCN(C)c1ncc(CNCC)cc1Cl. The van der Waals surface area contributed by atoms with E-state index in [9.17, 15) is 0 Å². The highest BCUT2D eigenvalue weighted by molar-refractivity contribution is 6.33. The van der Waals surface area contributed by atoms with Gasteiger partial charge in [0.05, 0.1) is 5.02 Å². The van der Waals surface area contributed by atoms with E-state index >= 15 is 0 Å². The van der Waals surface area contributed by atoms with E-state index < -0.39 is 0 Å². The Labute approximate surface area is 115 Å². The number of nitrogens with zero attached hydrogens (tertiary/aromatic N) is 2. The first-order chi connectivity index (χ1) is 8.69. The van der Waals surface area contributed by atoms with E-state index in [0.29, 0.717) is 5.02 Å². The molecule has 0 saturated heterocycles. The van der Waals surface area contributed by atoms with Crippen molar-refractivity contribution in [2.24, 2.45) is 0 Å². The predicted molar refractivity (Wildman–Crippen MR) is 79.3 cm³/mol. The van der Waals surface area contributed by atoms with Crippen LogP contribution in [0.4, 0.5) is 5.82 Å². The fourth-order valence-electron chi connectivity index (χ4n) is 1.70. The third kappa shape index (κ3) is 4.67. The second-order valence-electron chi connectivity index (χ2n) is 4.28. The quantitative estimate of drug-likeness (QED) is 0.579. The van der Waals surface area contributed by atoms with E-state index in [1.807, 2.05) is 25.4 Å². The molecule has 0 aliphatic rings. The summed E-state index contributed by atoms with van der Waals surface area (Å²) in [6.45, 7) is 8.49. The first-order valence-electron chi connectivity index (χ1n) is 6.36. The van der Waals surface area contributed by atoms with Crippen LogP contribution in [0.1, 0.15) is 25.3 Å². The first-order valence-corrected chi connectivity index (χ1v) is 6.74. The third-order valence-corrected chi connectivity index (χ3v) is 3.00. The van der Waals surface area contributed by atoms with Gasteiger partial charge >= 0.3 is 0 Å². The molecule has 1 rings (SSSR count). The molecule has 0 atom stereocenters. The zero-order chi connectivity index (χ0) is 13.4. The van der Waals surface area contributed by atoms with Crippen LogP contribution in [0.5, 0.6) is 0 Å². The minimum Gasteiger partial charge on any atom is -0.358 e. The van der Waals surface area contributed by atoms with Crippen LogP contribution in [0.3, 0.4) is 0 Å². The van der Waals surface area contributed by atoms with Crippen molar-refractivity contribution in [2.75, 3.05) is 25.0 Å². The Hall–Kier alpha value is -1.06. The Balaban J connectivity index is 2.63. The standard InChI is InChI=1S/C14H22ClN3/c1-4-6-7-8-18(3)14-13(15)9-12(11-17-14)10-16-5-2/h4,9,11,16H,1,5-8,10H2,2-3H3. The Bertz CT molecular complexity index is 379. The molecule has 3 nitrogen and oxygen atoms in total. The molecule has 1 aromatic heterocycles. The molecular weight excluding hydrogens is 246 g/mol. The summed E-state index contributed by atoms with van der Waals surface area (Å²) in [7, 11) is 2.02. The lowest BCUT2D eigenvalue weighted by Gasteiger charge is -2.19. The van der Waals surface area contributed by atoms with E-state index in [1.54, 1.807) is 0 Å². The van der Waals surface area contributed by atoms with Gasteiger partial charge in [0.2, 0.25) is 0 Å². The molecule has 0 unspecified atom stereocenters. The molecule has 100 valence electrons. The number of pyridine rings is 1. The molecule has 0 fully saturated rings. The van der Waals surface area contributed by atoms with Gasteiger partial charge in [0, 0.05) is 26.3 Å². The van der Waals surface area contributed by atoms with Crippen molar-refractivity contribution < 1.29 is 0 Å². The summed E-state index contributed by atoms with van der Waals surface area (Å²) in [5.41, 5.74) is 1.12. The summed E-state index contributed by atoms with van der Waals surface area (Å²) in [6.07, 6.45) is 5.90. The molecular formula is C14H22ClN3. The summed E-state index contributed by atoms with van der Waals surface area (Å²) in [4.78, 5) is 6.52. The number of anilines is 1. The molecule has 1 heterocycles. The van der Waals surface area contributed by atoms with Crippen LogP contribution >= 0.6 is 11.6 Å². The number of hydrogen-bond donors (Lipinski definition) is 1. The lowest BCUT2D eigenvalue weighted by Crippen LogP contribution is -2.20. The Kier molecular flexibility index (Phi) is 6.76. The molecule has 4 heteroatoms. The average molecular weight is 268 g/mol. The van der Waals surface area contributed by atoms with E-state index in [0.717, 1.165) is 43.9 Å². The second-order valence-corrected chi connectivity index (χ2v) is 4.69. The van der Waals surface area contributed by atoms with Crippen molar-refractivity contribution in [1.82, 2.24) is 10.3 Å². The predicted octanol–water partition coefficient (Wildman–Crippen LogP) is 3.25. The van der Waals surface area contributed by atoms with Crippen LogP contribution < -0.4 is 10.2 Å². The highest BCUT2D eigenvalue weighted by Crippen LogP contribution is 2.23. The minimum absolute atomic E-state index is 0.714. The van der Waals surface area contributed by atoms with Crippen molar-refractivity contribution in [3.63, 3.8) is 0 Å². The molecule has 0 aliphatic heterocycles. The van der Waals surface area contributed by atoms with Crippen LogP contribution in [-0.4, -0.2) is 25.1 Å². The van der Waals surface area contributed by atoms with Crippen molar-refractivity contribution in [1.29, 1.82) is 0 Å². The van der Waals surface area contributed by atoms with Gasteiger partial charge in [0.25, 0.3) is 0 Å². The van der Waals surface area contributed by atoms with E-state index in [-0.39, 0.29) is 0 Å². The largest absolute Gasteiger partial charge is 0.358 e. The molecule has 1 N–H and O–H groups in total. The fourth-order valence-corrected chi connectivity index (χ4v) is 2.03. The van der Waals surface area contributed by atoms with Gasteiger partial charge in [0.15, 0.2) is 0 Å². The third-order valence-electron chi connectivity index (χ3n) is 2.72. The molecule has 18 heavy (non-hydrogen) atoms. The lowest BCUT2D eigenvalue weighted by atomic mass is 10.2. The molecule has 0 bridgehead atoms. The first kappa shape index (κ1) is 15.0. The van der Waals surface area contributed by atoms with Gasteiger partial charge in [-0.2, -0.15) is 0 Å². The number of allylic oxidation sites excluding steroid dienone is 1. The summed E-state index contributed by atoms with van der Waals surface area (Å²) in [5, 5.41) is 3.97. The van der Waals surface area contributed by atoms with Crippen molar-refractivity contribution >= 4 is 17.4 Å². The van der Waals surface area contributed by atoms with Gasteiger partial charge in [-0.05, 0) is 31.0 Å². The van der Waals surface area contributed by atoms with Crippen LogP contribution in [0.2, 0.25) is 5.02 Å². The smallest absolute Gasteiger partial charge is 0.147 e. The highest BCUT2D eigenvalue weighted by Gasteiger charge is 2.08. The molecule has 0 aliphatic carbocycles. The van der Waals surface area contributed by atoms with Gasteiger partial charge in [-0.3, -0.25) is 0 Å². The van der Waals surface area contributed by atoms with Crippen molar-refractivity contribution in [2.45, 2.75) is 26.3 Å². The number of nitrogens with one attached hydrogen (secondary N) is 1. The maximum Gasteiger partial charge on any atom is 0.147 e. The molecule has 0 saturated carbocycles. The summed E-state index contributed by atoms with van der Waals surface area (Å²) < 4.78 is 0. The summed E-state index contributed by atoms with van der Waals surface area (Å²) in [5.74, 6) is 0.848. The lowest BCUT2D eigenvalue weighted by molar-refractivity contribution is 0.723. The molecule has 0 aromatic carbocycles. The van der Waals surface area contributed by atoms with Crippen molar-refractivity contribution in [3.05, 3.63) is 35.5 Å². The number of unbranched alkanes of at least 4 members (excludes halogenated alkanes) is 1. The number of aromatic nitrogens is 1. The Morgan fingerprint density at radius 2 is 2.33 bits per heavy atom. The zero-order valence-electron chi connectivity index (χ0n) is 11.2. The van der Waals surface area contributed by atoms with Crippen LogP contribution in [0.15, 0.2) is 24.9 Å². The van der Waals surface area contributed by atoms with E-state index in [1.165, 1.54) is 0 Å². The molecule has 0 radical (unpaired) electrons. The van der Waals surface area contributed by atoms with Gasteiger partial charge in [-0.1, -0.05) is 24.6 Å². The Morgan fingerprint density at radius 3 is 2.94 bits per heavy atom. The maximum absolute atomic E-state index is 6.26. The average Bonchev–Trinajstić information content (AvgIpc) is 2.36. The Morgan fingerprint density at radius 1 is 1.56 bits per heavy atom. The topological polar surface area (TPSA) is 28.2 Å². The van der Waals surface area contributed by atoms with Crippen LogP contribution in [-0.2, 0) is 6.54 Å². The van der Waals surface area contributed by atoms with Crippen LogP contribution in [0, 0.1) is 0 Å². The van der Waals surface area contributed by atoms with E-state index in [2.05, 4.69) is 28.7 Å². The minimum atomic E-state index is 0.714. The molecule has 0 amide bonds. The second kappa shape index (κ2) is 8.11. The van der Waals surface area contributed by atoms with Gasteiger partial charge in [-0.25, -0.2) is 4.98 Å². The zero-order valence-corrected chi connectivity index (χ0v) is 12.0. The number of rotatable bonds is 8. The summed E-state index contributed by atoms with van der Waals surface area (Å²) >= 11 is 6.26. The summed E-state index contributed by atoms with van der Waals surface area (Å²) in [6, 6.07) is 1.98. The monoisotopic (exact) mass is 267 g/mol.